The summed E-state index contributed by atoms with van der Waals surface area (Å²) < 4.78 is 5.39. The first-order valence-corrected chi connectivity index (χ1v) is 7.96. The summed E-state index contributed by atoms with van der Waals surface area (Å²) in [5.41, 5.74) is 1.37. The molecule has 1 atom stereocenters. The van der Waals surface area contributed by atoms with Gasteiger partial charge in [-0.2, -0.15) is 5.26 Å². The highest BCUT2D eigenvalue weighted by molar-refractivity contribution is 6.43. The summed E-state index contributed by atoms with van der Waals surface area (Å²) in [6.45, 7) is -0.270. The molecular formula is C17H11Cl2N3O3. The van der Waals surface area contributed by atoms with Crippen molar-refractivity contribution in [2.24, 2.45) is 0 Å². The number of nitriles is 1. The minimum atomic E-state index is -0.990. The van der Waals surface area contributed by atoms with Crippen molar-refractivity contribution in [2.75, 3.05) is 11.9 Å². The lowest BCUT2D eigenvalue weighted by molar-refractivity contribution is -0.127. The summed E-state index contributed by atoms with van der Waals surface area (Å²) in [6.07, 6.45) is 0. The highest BCUT2D eigenvalue weighted by atomic mass is 35.5. The largest absolute Gasteiger partial charge is 0.482 e. The predicted molar refractivity (Wildman–Crippen MR) is 92.6 cm³/mol. The maximum atomic E-state index is 12.7. The molecule has 0 bridgehead atoms. The van der Waals surface area contributed by atoms with Gasteiger partial charge in [0, 0.05) is 11.3 Å². The van der Waals surface area contributed by atoms with Crippen LogP contribution >= 0.6 is 23.2 Å². The molecule has 1 aliphatic rings. The van der Waals surface area contributed by atoms with E-state index in [1.165, 1.54) is 6.07 Å². The van der Waals surface area contributed by atoms with Gasteiger partial charge in [-0.25, -0.2) is 0 Å². The maximum Gasteiger partial charge on any atom is 0.258 e. The number of fused-ring (bicyclic) bond motifs is 1. The second kappa shape index (κ2) is 7.01. The fraction of sp³-hybridized carbons (Fsp3) is 0.118. The number of hydrogen-bond acceptors (Lipinski definition) is 4. The van der Waals surface area contributed by atoms with E-state index in [-0.39, 0.29) is 22.4 Å². The third-order valence-electron chi connectivity index (χ3n) is 3.59. The monoisotopic (exact) mass is 375 g/mol. The zero-order chi connectivity index (χ0) is 18.0. The van der Waals surface area contributed by atoms with Crippen molar-refractivity contribution < 1.29 is 14.3 Å². The Labute approximate surface area is 153 Å². The van der Waals surface area contributed by atoms with Crippen molar-refractivity contribution >= 4 is 40.7 Å². The lowest BCUT2D eigenvalue weighted by Gasteiger charge is -2.18. The van der Waals surface area contributed by atoms with Crippen LogP contribution < -0.4 is 15.4 Å². The van der Waals surface area contributed by atoms with Gasteiger partial charge >= 0.3 is 0 Å². The first-order valence-electron chi connectivity index (χ1n) is 7.20. The van der Waals surface area contributed by atoms with Crippen LogP contribution in [0.15, 0.2) is 36.4 Å². The number of hydrogen-bond donors (Lipinski definition) is 2. The van der Waals surface area contributed by atoms with Crippen LogP contribution in [0.3, 0.4) is 0 Å². The van der Waals surface area contributed by atoms with Crippen LogP contribution in [0.25, 0.3) is 0 Å². The minimum Gasteiger partial charge on any atom is -0.482 e. The number of carbonyl (C=O) groups excluding carboxylic acids is 2. The normalized spacial score (nSPS) is 15.9. The number of carbonyl (C=O) groups is 2. The SMILES string of the molecule is N#Cc1ccc(NC(=O)C2NC(=O)COc3c2ccc(Cl)c3Cl)cc1. The quantitative estimate of drug-likeness (QED) is 0.843. The number of nitrogens with zero attached hydrogens (tertiary/aromatic N) is 1. The van der Waals surface area contributed by atoms with Gasteiger partial charge in [0.15, 0.2) is 6.61 Å². The highest BCUT2D eigenvalue weighted by Gasteiger charge is 2.31. The average molecular weight is 376 g/mol. The van der Waals surface area contributed by atoms with Gasteiger partial charge < -0.3 is 15.4 Å². The highest BCUT2D eigenvalue weighted by Crippen LogP contribution is 2.39. The fourth-order valence-corrected chi connectivity index (χ4v) is 2.76. The van der Waals surface area contributed by atoms with Crippen LogP contribution in [0.1, 0.15) is 17.2 Å². The number of rotatable bonds is 2. The predicted octanol–water partition coefficient (Wildman–Crippen LogP) is 3.05. The van der Waals surface area contributed by atoms with Gasteiger partial charge in [-0.05, 0) is 30.3 Å². The molecular weight excluding hydrogens is 365 g/mol. The van der Waals surface area contributed by atoms with Crippen LogP contribution in [-0.4, -0.2) is 18.4 Å². The molecule has 1 unspecified atom stereocenters. The van der Waals surface area contributed by atoms with E-state index in [0.717, 1.165) is 0 Å². The number of halogens is 2. The molecule has 0 spiro atoms. The summed E-state index contributed by atoms with van der Waals surface area (Å²) in [5.74, 6) is -0.723. The summed E-state index contributed by atoms with van der Waals surface area (Å²) in [4.78, 5) is 24.5. The molecule has 0 saturated heterocycles. The van der Waals surface area contributed by atoms with Gasteiger partial charge in [0.2, 0.25) is 0 Å². The van der Waals surface area contributed by atoms with E-state index in [4.69, 9.17) is 33.2 Å². The lowest BCUT2D eigenvalue weighted by Crippen LogP contribution is -2.37. The Morgan fingerprint density at radius 1 is 1.24 bits per heavy atom. The average Bonchev–Trinajstić information content (AvgIpc) is 2.78. The number of ether oxygens (including phenoxy) is 1. The van der Waals surface area contributed by atoms with Crippen molar-refractivity contribution in [2.45, 2.75) is 6.04 Å². The zero-order valence-corrected chi connectivity index (χ0v) is 14.2. The molecule has 2 aromatic rings. The molecule has 6 nitrogen and oxygen atoms in total. The van der Waals surface area contributed by atoms with Crippen LogP contribution in [0.4, 0.5) is 5.69 Å². The summed E-state index contributed by atoms with van der Waals surface area (Å²) >= 11 is 12.1. The topological polar surface area (TPSA) is 91.2 Å². The standard InChI is InChI=1S/C17H11Cl2N3O3/c18-12-6-5-11-15(22-13(23)8-25-16(11)14(12)19)17(24)21-10-3-1-9(7-20)2-4-10/h1-6,15H,8H2,(H,21,24)(H,22,23). The second-order valence-corrected chi connectivity index (χ2v) is 6.03. The van der Waals surface area contributed by atoms with Gasteiger partial charge in [0.25, 0.3) is 11.8 Å². The molecule has 0 saturated carbocycles. The molecule has 0 aromatic heterocycles. The van der Waals surface area contributed by atoms with Gasteiger partial charge in [-0.1, -0.05) is 29.3 Å². The van der Waals surface area contributed by atoms with Crippen molar-refractivity contribution in [3.05, 3.63) is 57.6 Å². The Balaban J connectivity index is 1.92. The van der Waals surface area contributed by atoms with Crippen molar-refractivity contribution in [1.29, 1.82) is 5.26 Å². The first kappa shape index (κ1) is 17.1. The molecule has 25 heavy (non-hydrogen) atoms. The Morgan fingerprint density at radius 3 is 2.64 bits per heavy atom. The smallest absolute Gasteiger partial charge is 0.258 e. The van der Waals surface area contributed by atoms with E-state index in [9.17, 15) is 9.59 Å². The van der Waals surface area contributed by atoms with E-state index in [1.54, 1.807) is 30.3 Å². The summed E-state index contributed by atoms with van der Waals surface area (Å²) in [6, 6.07) is 10.5. The van der Waals surface area contributed by atoms with Gasteiger partial charge in [0.05, 0.1) is 16.7 Å². The molecule has 0 fully saturated rings. The van der Waals surface area contributed by atoms with E-state index in [2.05, 4.69) is 10.6 Å². The molecule has 0 aliphatic carbocycles. The van der Waals surface area contributed by atoms with Crippen LogP contribution in [-0.2, 0) is 9.59 Å². The molecule has 1 aliphatic heterocycles. The minimum absolute atomic E-state index is 0.145. The van der Waals surface area contributed by atoms with Gasteiger partial charge in [-0.15, -0.1) is 0 Å². The summed E-state index contributed by atoms with van der Waals surface area (Å²) in [7, 11) is 0. The molecule has 3 rings (SSSR count). The van der Waals surface area contributed by atoms with Gasteiger partial charge in [0.1, 0.15) is 16.8 Å². The molecule has 0 radical (unpaired) electrons. The zero-order valence-electron chi connectivity index (χ0n) is 12.7. The van der Waals surface area contributed by atoms with Crippen molar-refractivity contribution in [3.8, 4) is 11.8 Å². The Hall–Kier alpha value is -2.75. The molecule has 8 heteroatoms. The van der Waals surface area contributed by atoms with E-state index >= 15 is 0 Å². The number of benzene rings is 2. The Kier molecular flexibility index (Phi) is 4.79. The fourth-order valence-electron chi connectivity index (χ4n) is 2.39. The Morgan fingerprint density at radius 2 is 1.96 bits per heavy atom. The van der Waals surface area contributed by atoms with Crippen molar-refractivity contribution in [3.63, 3.8) is 0 Å². The Bertz CT molecular complexity index is 891. The third kappa shape index (κ3) is 3.53. The second-order valence-electron chi connectivity index (χ2n) is 5.25. The van der Waals surface area contributed by atoms with Crippen molar-refractivity contribution in [1.82, 2.24) is 5.32 Å². The maximum absolute atomic E-state index is 12.7. The van der Waals surface area contributed by atoms with Crippen LogP contribution in [0.2, 0.25) is 10.0 Å². The third-order valence-corrected chi connectivity index (χ3v) is 4.38. The summed E-state index contributed by atoms with van der Waals surface area (Å²) in [5, 5.41) is 14.5. The van der Waals surface area contributed by atoms with E-state index in [1.807, 2.05) is 6.07 Å². The first-order chi connectivity index (χ1) is 12.0. The molecule has 2 aromatic carbocycles. The van der Waals surface area contributed by atoms with Gasteiger partial charge in [-0.3, -0.25) is 9.59 Å². The van der Waals surface area contributed by atoms with Crippen LogP contribution in [0, 0.1) is 11.3 Å². The molecule has 2 amide bonds. The van der Waals surface area contributed by atoms with E-state index in [0.29, 0.717) is 16.8 Å². The molecule has 2 N–H and O–H groups in total. The molecule has 126 valence electrons. The lowest BCUT2D eigenvalue weighted by atomic mass is 10.0. The molecule has 1 heterocycles. The van der Waals surface area contributed by atoms with Crippen LogP contribution in [0.5, 0.6) is 5.75 Å². The number of nitrogens with one attached hydrogen (secondary N) is 2. The van der Waals surface area contributed by atoms with E-state index < -0.39 is 17.9 Å². The number of amides is 2. The number of anilines is 1.